The van der Waals surface area contributed by atoms with Crippen molar-refractivity contribution in [2.45, 2.75) is 32.3 Å². The number of halogens is 1. The maximum absolute atomic E-state index is 9.91. The van der Waals surface area contributed by atoms with Crippen LogP contribution in [0.1, 0.15) is 26.2 Å². The molecule has 3 heteroatoms. The van der Waals surface area contributed by atoms with Crippen LogP contribution in [0.2, 0.25) is 0 Å². The lowest BCUT2D eigenvalue weighted by Crippen LogP contribution is -2.27. The third-order valence-corrected chi connectivity index (χ3v) is 5.14. The van der Waals surface area contributed by atoms with Crippen molar-refractivity contribution in [2.75, 3.05) is 6.61 Å². The van der Waals surface area contributed by atoms with Gasteiger partial charge in [-0.05, 0) is 58.7 Å². The fraction of sp³-hybridized carbons (Fsp3) is 0.529. The molecule has 0 aromatic heterocycles. The summed E-state index contributed by atoms with van der Waals surface area (Å²) in [4.78, 5) is 0. The molecule has 0 saturated heterocycles. The molecule has 1 N–H and O–H groups in total. The van der Waals surface area contributed by atoms with E-state index >= 15 is 0 Å². The van der Waals surface area contributed by atoms with Crippen molar-refractivity contribution in [3.05, 3.63) is 46.2 Å². The molecule has 20 heavy (non-hydrogen) atoms. The summed E-state index contributed by atoms with van der Waals surface area (Å²) < 4.78 is 6.89. The first-order valence-electron chi connectivity index (χ1n) is 7.41. The van der Waals surface area contributed by atoms with Crippen LogP contribution in [0, 0.1) is 17.8 Å². The minimum absolute atomic E-state index is 0.0116. The Morgan fingerprint density at radius 3 is 2.80 bits per heavy atom. The standard InChI is InChI=1S/C17H21BrO2/c1-11-7-13(11)14-8-15(18)16(19)9-17(14)20-10-12-5-3-2-4-6-12/h3,5-6,8-9,11,13-14,17,19H,2,4,7,10H2,1H3/t11-,13?,14?,17?/m0/s1. The Hall–Kier alpha value is -0.800. The molecule has 0 radical (unpaired) electrons. The SMILES string of the molecule is C[C@H]1CC1C1C=C(Br)C(O)=CC1OCC1=CCCC=C1. The Morgan fingerprint density at radius 1 is 1.35 bits per heavy atom. The summed E-state index contributed by atoms with van der Waals surface area (Å²) in [6, 6.07) is 0. The van der Waals surface area contributed by atoms with Gasteiger partial charge >= 0.3 is 0 Å². The van der Waals surface area contributed by atoms with Gasteiger partial charge in [-0.2, -0.15) is 0 Å². The molecule has 0 aliphatic heterocycles. The van der Waals surface area contributed by atoms with Crippen LogP contribution in [-0.4, -0.2) is 17.8 Å². The van der Waals surface area contributed by atoms with Crippen LogP contribution in [0.3, 0.4) is 0 Å². The minimum atomic E-state index is -0.0116. The lowest BCUT2D eigenvalue weighted by Gasteiger charge is -2.27. The second kappa shape index (κ2) is 5.90. The zero-order valence-electron chi connectivity index (χ0n) is 11.8. The summed E-state index contributed by atoms with van der Waals surface area (Å²) in [6.07, 6.45) is 14.1. The van der Waals surface area contributed by atoms with Crippen LogP contribution in [0.25, 0.3) is 0 Å². The number of aliphatic hydroxyl groups is 1. The number of hydrogen-bond acceptors (Lipinski definition) is 2. The average molecular weight is 337 g/mol. The van der Waals surface area contributed by atoms with E-state index < -0.39 is 0 Å². The molecule has 0 amide bonds. The van der Waals surface area contributed by atoms with Crippen molar-refractivity contribution in [3.63, 3.8) is 0 Å². The third kappa shape index (κ3) is 3.09. The zero-order chi connectivity index (χ0) is 14.1. The molecule has 2 nitrogen and oxygen atoms in total. The van der Waals surface area contributed by atoms with Crippen molar-refractivity contribution in [3.8, 4) is 0 Å². The van der Waals surface area contributed by atoms with E-state index in [1.165, 1.54) is 12.0 Å². The first kappa shape index (κ1) is 14.2. The van der Waals surface area contributed by atoms with Gasteiger partial charge in [0.25, 0.3) is 0 Å². The van der Waals surface area contributed by atoms with Crippen molar-refractivity contribution in [1.29, 1.82) is 0 Å². The summed E-state index contributed by atoms with van der Waals surface area (Å²) in [7, 11) is 0. The second-order valence-electron chi connectivity index (χ2n) is 6.06. The number of hydrogen-bond donors (Lipinski definition) is 1. The first-order valence-corrected chi connectivity index (χ1v) is 8.20. The summed E-state index contributed by atoms with van der Waals surface area (Å²) in [5.41, 5.74) is 1.25. The van der Waals surface area contributed by atoms with Crippen molar-refractivity contribution >= 4 is 15.9 Å². The quantitative estimate of drug-likeness (QED) is 0.809. The van der Waals surface area contributed by atoms with E-state index in [-0.39, 0.29) is 6.10 Å². The number of ether oxygens (including phenoxy) is 1. The normalized spacial score (nSPS) is 36.2. The maximum Gasteiger partial charge on any atom is 0.128 e. The molecule has 3 aliphatic carbocycles. The van der Waals surface area contributed by atoms with Gasteiger partial charge in [0.1, 0.15) is 5.76 Å². The van der Waals surface area contributed by atoms with Crippen molar-refractivity contribution in [1.82, 2.24) is 0 Å². The Bertz CT molecular complexity index is 501. The molecule has 0 bridgehead atoms. The number of rotatable bonds is 4. The zero-order valence-corrected chi connectivity index (χ0v) is 13.3. The van der Waals surface area contributed by atoms with Gasteiger partial charge in [0.05, 0.1) is 17.2 Å². The van der Waals surface area contributed by atoms with Gasteiger partial charge in [0.2, 0.25) is 0 Å². The van der Waals surface area contributed by atoms with Crippen LogP contribution in [-0.2, 0) is 4.74 Å². The van der Waals surface area contributed by atoms with Gasteiger partial charge in [0, 0.05) is 5.92 Å². The molecular weight excluding hydrogens is 316 g/mol. The maximum atomic E-state index is 9.91. The van der Waals surface area contributed by atoms with Gasteiger partial charge in [0.15, 0.2) is 0 Å². The van der Waals surface area contributed by atoms with Crippen LogP contribution >= 0.6 is 15.9 Å². The Kier molecular flexibility index (Phi) is 4.18. The molecule has 0 aromatic rings. The highest BCUT2D eigenvalue weighted by atomic mass is 79.9. The Morgan fingerprint density at radius 2 is 2.15 bits per heavy atom. The summed E-state index contributed by atoms with van der Waals surface area (Å²) >= 11 is 3.43. The molecule has 4 atom stereocenters. The van der Waals surface area contributed by atoms with Crippen molar-refractivity contribution in [2.24, 2.45) is 17.8 Å². The molecule has 0 aromatic carbocycles. The van der Waals surface area contributed by atoms with Gasteiger partial charge < -0.3 is 9.84 Å². The van der Waals surface area contributed by atoms with Gasteiger partial charge in [-0.1, -0.05) is 31.2 Å². The molecule has 3 rings (SSSR count). The molecule has 108 valence electrons. The van der Waals surface area contributed by atoms with Crippen LogP contribution in [0.5, 0.6) is 0 Å². The molecule has 0 heterocycles. The molecular formula is C17H21BrO2. The minimum Gasteiger partial charge on any atom is -0.507 e. The highest BCUT2D eigenvalue weighted by Crippen LogP contribution is 2.48. The third-order valence-electron chi connectivity index (χ3n) is 4.47. The fourth-order valence-electron chi connectivity index (χ4n) is 3.08. The average Bonchev–Trinajstić information content (AvgIpc) is 3.18. The summed E-state index contributed by atoms with van der Waals surface area (Å²) in [5.74, 6) is 2.13. The topological polar surface area (TPSA) is 29.5 Å². The largest absolute Gasteiger partial charge is 0.507 e. The Balaban J connectivity index is 1.66. The van der Waals surface area contributed by atoms with Crippen LogP contribution < -0.4 is 0 Å². The van der Waals surface area contributed by atoms with E-state index in [4.69, 9.17) is 4.74 Å². The van der Waals surface area contributed by atoms with Crippen LogP contribution in [0.4, 0.5) is 0 Å². The summed E-state index contributed by atoms with van der Waals surface area (Å²) in [6.45, 7) is 2.92. The second-order valence-corrected chi connectivity index (χ2v) is 6.91. The Labute approximate surface area is 129 Å². The highest BCUT2D eigenvalue weighted by Gasteiger charge is 2.43. The van der Waals surface area contributed by atoms with Gasteiger partial charge in [-0.15, -0.1) is 0 Å². The van der Waals surface area contributed by atoms with Crippen LogP contribution in [0.15, 0.2) is 46.2 Å². The lowest BCUT2D eigenvalue weighted by atomic mass is 9.91. The smallest absolute Gasteiger partial charge is 0.128 e. The molecule has 3 unspecified atom stereocenters. The van der Waals surface area contributed by atoms with E-state index in [0.717, 1.165) is 23.2 Å². The molecule has 3 aliphatic rings. The van der Waals surface area contributed by atoms with Gasteiger partial charge in [-0.3, -0.25) is 0 Å². The lowest BCUT2D eigenvalue weighted by molar-refractivity contribution is 0.0631. The van der Waals surface area contributed by atoms with E-state index in [1.807, 2.05) is 6.08 Å². The first-order chi connectivity index (χ1) is 9.65. The monoisotopic (exact) mass is 336 g/mol. The molecule has 1 fully saturated rings. The van der Waals surface area contributed by atoms with E-state index in [9.17, 15) is 5.11 Å². The molecule has 1 saturated carbocycles. The number of aliphatic hydroxyl groups excluding tert-OH is 1. The van der Waals surface area contributed by atoms with E-state index in [1.54, 1.807) is 0 Å². The van der Waals surface area contributed by atoms with E-state index in [2.05, 4.69) is 47.2 Å². The van der Waals surface area contributed by atoms with Gasteiger partial charge in [-0.25, -0.2) is 0 Å². The summed E-state index contributed by atoms with van der Waals surface area (Å²) in [5, 5.41) is 9.91. The fourth-order valence-corrected chi connectivity index (χ4v) is 3.51. The predicted octanol–water partition coefficient (Wildman–Crippen LogP) is 4.65. The van der Waals surface area contributed by atoms with E-state index in [0.29, 0.717) is 24.2 Å². The predicted molar refractivity (Wildman–Crippen MR) is 84.7 cm³/mol. The van der Waals surface area contributed by atoms with Crippen molar-refractivity contribution < 1.29 is 9.84 Å². The molecule has 0 spiro atoms. The number of allylic oxidation sites excluding steroid dienone is 3. The highest BCUT2D eigenvalue weighted by molar-refractivity contribution is 9.11.